The lowest BCUT2D eigenvalue weighted by atomic mass is 9.99. The maximum absolute atomic E-state index is 5.69. The average molecular weight is 493 g/mol. The minimum Gasteiger partial charge on any atom is -0.432 e. The summed E-state index contributed by atoms with van der Waals surface area (Å²) in [5, 5.41) is 2.37. The molecule has 8 rings (SSSR count). The van der Waals surface area contributed by atoms with Crippen LogP contribution in [0.4, 0.5) is 0 Å². The highest BCUT2D eigenvalue weighted by Gasteiger charge is 2.20. The first-order chi connectivity index (χ1) is 18.8. The van der Waals surface area contributed by atoms with E-state index in [0.717, 1.165) is 45.0 Å². The number of oxazole rings is 2. The van der Waals surface area contributed by atoms with Crippen LogP contribution in [0.3, 0.4) is 0 Å². The standard InChI is InChI=1S/C32H20N4O2/c1-2-7-22(8-3-1)27-29(35-16-18-37-31(35)33-27)23-11-13-24(14-12-23)30-28(34-32-36(30)17-19-38-32)26-15-10-21-6-4-5-9-25(21)20-26/h1-20H. The van der Waals surface area contributed by atoms with Crippen molar-refractivity contribution in [3.63, 3.8) is 0 Å². The molecule has 0 fully saturated rings. The normalized spacial score (nSPS) is 11.7. The Morgan fingerprint density at radius 2 is 1.00 bits per heavy atom. The van der Waals surface area contributed by atoms with Gasteiger partial charge in [0.1, 0.15) is 23.9 Å². The molecule has 0 saturated carbocycles. The summed E-state index contributed by atoms with van der Waals surface area (Å²) in [6, 6.07) is 33.5. The second-order valence-electron chi connectivity index (χ2n) is 9.23. The van der Waals surface area contributed by atoms with Gasteiger partial charge in [-0.15, -0.1) is 0 Å². The van der Waals surface area contributed by atoms with Crippen LogP contribution < -0.4 is 0 Å². The maximum Gasteiger partial charge on any atom is 0.306 e. The number of imidazole rings is 2. The van der Waals surface area contributed by atoms with Gasteiger partial charge in [-0.1, -0.05) is 91.0 Å². The van der Waals surface area contributed by atoms with E-state index < -0.39 is 0 Å². The Bertz CT molecular complexity index is 2080. The molecule has 0 radical (unpaired) electrons. The van der Waals surface area contributed by atoms with E-state index >= 15 is 0 Å². The molecule has 4 aromatic carbocycles. The molecule has 0 saturated heterocycles. The minimum atomic E-state index is 0.564. The third-order valence-corrected chi connectivity index (χ3v) is 7.03. The van der Waals surface area contributed by atoms with Gasteiger partial charge in [-0.3, -0.25) is 8.80 Å². The van der Waals surface area contributed by atoms with E-state index in [0.29, 0.717) is 11.7 Å². The summed E-state index contributed by atoms with van der Waals surface area (Å²) in [5.41, 5.74) is 7.92. The monoisotopic (exact) mass is 492 g/mol. The van der Waals surface area contributed by atoms with Gasteiger partial charge < -0.3 is 8.83 Å². The minimum absolute atomic E-state index is 0.564. The molecule has 38 heavy (non-hydrogen) atoms. The second-order valence-corrected chi connectivity index (χ2v) is 9.23. The van der Waals surface area contributed by atoms with Crippen LogP contribution in [0.5, 0.6) is 0 Å². The molecule has 4 heterocycles. The average Bonchev–Trinajstić information content (AvgIpc) is 3.75. The zero-order valence-corrected chi connectivity index (χ0v) is 20.2. The lowest BCUT2D eigenvalue weighted by molar-refractivity contribution is 0.596. The zero-order chi connectivity index (χ0) is 25.1. The Kier molecular flexibility index (Phi) is 4.42. The van der Waals surface area contributed by atoms with E-state index in [2.05, 4.69) is 78.9 Å². The molecular weight excluding hydrogens is 472 g/mol. The molecular formula is C32H20N4O2. The first-order valence-electron chi connectivity index (χ1n) is 12.4. The van der Waals surface area contributed by atoms with Crippen LogP contribution in [0.2, 0.25) is 0 Å². The summed E-state index contributed by atoms with van der Waals surface area (Å²) < 4.78 is 15.3. The van der Waals surface area contributed by atoms with Crippen LogP contribution in [0.25, 0.3) is 67.5 Å². The van der Waals surface area contributed by atoms with Crippen LogP contribution >= 0.6 is 0 Å². The van der Waals surface area contributed by atoms with Crippen LogP contribution in [0.15, 0.2) is 131 Å². The molecule has 0 aliphatic rings. The van der Waals surface area contributed by atoms with Gasteiger partial charge in [0.2, 0.25) is 0 Å². The second kappa shape index (κ2) is 8.08. The molecule has 180 valence electrons. The summed E-state index contributed by atoms with van der Waals surface area (Å²) in [7, 11) is 0. The Hall–Kier alpha value is -5.36. The van der Waals surface area contributed by atoms with E-state index in [1.54, 1.807) is 12.5 Å². The Morgan fingerprint density at radius 3 is 1.63 bits per heavy atom. The van der Waals surface area contributed by atoms with Gasteiger partial charge in [-0.25, -0.2) is 0 Å². The number of hydrogen-bond donors (Lipinski definition) is 0. The Labute approximate surface area is 217 Å². The van der Waals surface area contributed by atoms with Crippen LogP contribution in [0, 0.1) is 0 Å². The molecule has 6 nitrogen and oxygen atoms in total. The molecule has 0 N–H and O–H groups in total. The van der Waals surface area contributed by atoms with Gasteiger partial charge in [-0.2, -0.15) is 9.97 Å². The van der Waals surface area contributed by atoms with Crippen molar-refractivity contribution in [3.8, 4) is 45.0 Å². The fourth-order valence-electron chi connectivity index (χ4n) is 5.24. The van der Waals surface area contributed by atoms with Crippen molar-refractivity contribution < 1.29 is 8.83 Å². The number of hydrogen-bond acceptors (Lipinski definition) is 4. The lowest BCUT2D eigenvalue weighted by Crippen LogP contribution is -1.90. The topological polar surface area (TPSA) is 60.9 Å². The van der Waals surface area contributed by atoms with E-state index in [-0.39, 0.29) is 0 Å². The molecule has 0 bridgehead atoms. The number of nitrogens with zero attached hydrogens (tertiary/aromatic N) is 4. The summed E-state index contributed by atoms with van der Waals surface area (Å²) in [4.78, 5) is 9.63. The molecule has 0 atom stereocenters. The SMILES string of the molecule is c1ccc(-c2nc3occn3c2-c2ccc(-c3c(-c4ccc5ccccc5c4)nc4occn34)cc2)cc1. The first-order valence-corrected chi connectivity index (χ1v) is 12.4. The van der Waals surface area contributed by atoms with Gasteiger partial charge in [0, 0.05) is 34.6 Å². The van der Waals surface area contributed by atoms with E-state index in [4.69, 9.17) is 18.8 Å². The summed E-state index contributed by atoms with van der Waals surface area (Å²) in [6.07, 6.45) is 7.14. The molecule has 0 aliphatic carbocycles. The van der Waals surface area contributed by atoms with Crippen molar-refractivity contribution in [1.82, 2.24) is 18.8 Å². The maximum atomic E-state index is 5.69. The fourth-order valence-corrected chi connectivity index (χ4v) is 5.24. The predicted molar refractivity (Wildman–Crippen MR) is 148 cm³/mol. The Balaban J connectivity index is 1.28. The molecule has 0 aliphatic heterocycles. The molecule has 0 unspecified atom stereocenters. The van der Waals surface area contributed by atoms with Crippen molar-refractivity contribution >= 4 is 22.5 Å². The fraction of sp³-hybridized carbons (Fsp3) is 0. The van der Waals surface area contributed by atoms with Crippen LogP contribution in [-0.2, 0) is 0 Å². The summed E-state index contributed by atoms with van der Waals surface area (Å²) in [6.45, 7) is 0. The Morgan fingerprint density at radius 1 is 0.474 bits per heavy atom. The lowest BCUT2D eigenvalue weighted by Gasteiger charge is -2.09. The van der Waals surface area contributed by atoms with Crippen LogP contribution in [0.1, 0.15) is 0 Å². The van der Waals surface area contributed by atoms with Gasteiger partial charge in [0.25, 0.3) is 0 Å². The number of fused-ring (bicyclic) bond motifs is 3. The van der Waals surface area contributed by atoms with Crippen molar-refractivity contribution in [2.24, 2.45) is 0 Å². The first kappa shape index (κ1) is 20.8. The highest BCUT2D eigenvalue weighted by atomic mass is 16.3. The van der Waals surface area contributed by atoms with E-state index in [1.165, 1.54) is 10.8 Å². The highest BCUT2D eigenvalue weighted by Crippen LogP contribution is 2.37. The predicted octanol–water partition coefficient (Wildman–Crippen LogP) is 7.99. The number of rotatable bonds is 4. The largest absolute Gasteiger partial charge is 0.432 e. The number of benzene rings is 4. The molecule has 6 heteroatoms. The van der Waals surface area contributed by atoms with E-state index in [9.17, 15) is 0 Å². The molecule has 8 aromatic rings. The van der Waals surface area contributed by atoms with Gasteiger partial charge in [0.05, 0.1) is 11.4 Å². The third-order valence-electron chi connectivity index (χ3n) is 7.03. The molecule has 4 aromatic heterocycles. The van der Waals surface area contributed by atoms with Crippen molar-refractivity contribution in [2.75, 3.05) is 0 Å². The zero-order valence-electron chi connectivity index (χ0n) is 20.2. The van der Waals surface area contributed by atoms with Crippen molar-refractivity contribution in [2.45, 2.75) is 0 Å². The van der Waals surface area contributed by atoms with Gasteiger partial charge >= 0.3 is 11.7 Å². The summed E-state index contributed by atoms with van der Waals surface area (Å²) >= 11 is 0. The molecule has 0 amide bonds. The quantitative estimate of drug-likeness (QED) is 0.250. The third kappa shape index (κ3) is 3.14. The molecule has 0 spiro atoms. The van der Waals surface area contributed by atoms with Crippen molar-refractivity contribution in [1.29, 1.82) is 0 Å². The summed E-state index contributed by atoms with van der Waals surface area (Å²) in [5.74, 6) is 1.13. The van der Waals surface area contributed by atoms with Gasteiger partial charge in [-0.05, 0) is 16.8 Å². The van der Waals surface area contributed by atoms with Crippen molar-refractivity contribution in [3.05, 3.63) is 122 Å². The smallest absolute Gasteiger partial charge is 0.306 e. The number of aromatic nitrogens is 4. The van der Waals surface area contributed by atoms with Crippen LogP contribution in [-0.4, -0.2) is 18.8 Å². The van der Waals surface area contributed by atoms with Gasteiger partial charge in [0.15, 0.2) is 0 Å². The highest BCUT2D eigenvalue weighted by molar-refractivity contribution is 5.90. The van der Waals surface area contributed by atoms with E-state index in [1.807, 2.05) is 39.4 Å².